The van der Waals surface area contributed by atoms with Crippen molar-refractivity contribution in [1.29, 1.82) is 0 Å². The lowest BCUT2D eigenvalue weighted by molar-refractivity contribution is 0.280. The van der Waals surface area contributed by atoms with Crippen molar-refractivity contribution in [1.82, 2.24) is 49.7 Å². The molecule has 6 aromatic rings. The number of aliphatic hydroxyl groups excluding tert-OH is 1. The predicted octanol–water partition coefficient (Wildman–Crippen LogP) is 5.57. The van der Waals surface area contributed by atoms with Crippen molar-refractivity contribution in [3.8, 4) is 34.3 Å². The highest BCUT2D eigenvalue weighted by molar-refractivity contribution is 5.57. The fraction of sp³-hybridized carbons (Fsp3) is 0.391. The van der Waals surface area contributed by atoms with Gasteiger partial charge in [0.15, 0.2) is 23.1 Å². The fourth-order valence-electron chi connectivity index (χ4n) is 6.15. The Kier molecular flexibility index (Phi) is 16.3. The smallest absolute Gasteiger partial charge is 0.267 e. The summed E-state index contributed by atoms with van der Waals surface area (Å²) in [6.07, 6.45) is 13.5. The number of hydrogen-bond donors (Lipinski definition) is 2. The summed E-state index contributed by atoms with van der Waals surface area (Å²) >= 11 is 0. The number of ether oxygens (including phenoxy) is 2. The van der Waals surface area contributed by atoms with Gasteiger partial charge in [0.25, 0.3) is 11.1 Å². The Morgan fingerprint density at radius 3 is 1.67 bits per heavy atom. The van der Waals surface area contributed by atoms with Crippen LogP contribution in [0.4, 0.5) is 0 Å². The molecule has 0 saturated heterocycles. The normalized spacial score (nSPS) is 13.2. The Bertz CT molecular complexity index is 2360. The molecule has 0 spiro atoms. The summed E-state index contributed by atoms with van der Waals surface area (Å²) in [6.45, 7) is 3.71. The van der Waals surface area contributed by atoms with Crippen LogP contribution >= 0.6 is 0 Å². The van der Waals surface area contributed by atoms with E-state index in [-0.39, 0.29) is 17.7 Å². The highest BCUT2D eigenvalue weighted by atomic mass is 16.5. The maximum Gasteiger partial charge on any atom is 0.267 e. The molecule has 2 aliphatic rings. The van der Waals surface area contributed by atoms with E-state index in [1.54, 1.807) is 36.9 Å². The van der Waals surface area contributed by atoms with Gasteiger partial charge in [-0.3, -0.25) is 9.59 Å². The number of rotatable bonds is 17. The minimum atomic E-state index is -0.121. The van der Waals surface area contributed by atoms with Crippen molar-refractivity contribution in [2.75, 3.05) is 54.5 Å². The molecule has 4 aromatic heterocycles. The summed E-state index contributed by atoms with van der Waals surface area (Å²) in [5.41, 5.74) is 5.46. The molecular weight excluding hydrogens is 773 g/mol. The summed E-state index contributed by atoms with van der Waals surface area (Å²) in [5, 5.41) is 20.0. The summed E-state index contributed by atoms with van der Waals surface area (Å²) < 4.78 is 12.8. The first-order chi connectivity index (χ1) is 29.6. The van der Waals surface area contributed by atoms with Crippen LogP contribution in [0.2, 0.25) is 0 Å². The molecule has 61 heavy (non-hydrogen) atoms. The molecule has 15 heteroatoms. The summed E-state index contributed by atoms with van der Waals surface area (Å²) in [7, 11) is 8.17. The molecule has 2 aromatic carbocycles. The molecule has 0 amide bonds. The Labute approximate surface area is 356 Å². The largest absolute Gasteiger partial charge is 0.490 e. The van der Waals surface area contributed by atoms with Gasteiger partial charge in [-0.2, -0.15) is 10.2 Å². The second-order valence-corrected chi connectivity index (χ2v) is 15.7. The molecule has 0 unspecified atom stereocenters. The van der Waals surface area contributed by atoms with E-state index in [9.17, 15) is 9.59 Å². The standard InChI is InChI=1S/C23H27N5O2.C16H21N3O2.C7H8N2O/c1-27(2)11-4-12-30-20-14-24-23(25-15-20)19-6-3-5-17(13-19)16-28-22(29)10-9-21(26-28)18-7-8-18;1-19(2)7-4-8-21-15-10-17-16(18-11-15)14-6-3-5-13(9-14)12-20;10-7-4-3-6(8-9-7)5-1-2-5/h3,5-6,9-10,13-15,18H,4,7-8,11-12,16H2,1-2H3;3,5-6,9-11,20H,4,7-8,12H2,1-2H3;3-5H,1-2H2,(H,9,10). The zero-order valence-electron chi connectivity index (χ0n) is 35.5. The molecule has 8 rings (SSSR count). The Balaban J connectivity index is 0.000000173. The van der Waals surface area contributed by atoms with Crippen molar-refractivity contribution >= 4 is 0 Å². The minimum Gasteiger partial charge on any atom is -0.490 e. The quantitative estimate of drug-likeness (QED) is 0.109. The number of aliphatic hydroxyl groups is 1. The topological polar surface area (TPSA) is 177 Å². The van der Waals surface area contributed by atoms with Crippen LogP contribution in [-0.2, 0) is 13.2 Å². The van der Waals surface area contributed by atoms with Crippen LogP contribution in [0, 0.1) is 0 Å². The molecule has 2 aliphatic carbocycles. The van der Waals surface area contributed by atoms with E-state index in [2.05, 4.69) is 45.0 Å². The second kappa shape index (κ2) is 22.4. The predicted molar refractivity (Wildman–Crippen MR) is 235 cm³/mol. The van der Waals surface area contributed by atoms with E-state index in [1.165, 1.54) is 23.6 Å². The number of nitrogens with one attached hydrogen (secondary N) is 1. The lowest BCUT2D eigenvalue weighted by Gasteiger charge is -2.10. The summed E-state index contributed by atoms with van der Waals surface area (Å²) in [4.78, 5) is 44.5. The molecule has 0 radical (unpaired) electrons. The van der Waals surface area contributed by atoms with Gasteiger partial charge >= 0.3 is 0 Å². The van der Waals surface area contributed by atoms with Crippen LogP contribution in [0.25, 0.3) is 22.8 Å². The number of aromatic nitrogens is 8. The molecule has 2 saturated carbocycles. The van der Waals surface area contributed by atoms with Gasteiger partial charge in [0.05, 0.1) is 62.5 Å². The van der Waals surface area contributed by atoms with Gasteiger partial charge in [0, 0.05) is 48.2 Å². The fourth-order valence-corrected chi connectivity index (χ4v) is 6.15. The first-order valence-corrected chi connectivity index (χ1v) is 20.8. The van der Waals surface area contributed by atoms with E-state index >= 15 is 0 Å². The third kappa shape index (κ3) is 14.8. The van der Waals surface area contributed by atoms with Gasteiger partial charge in [-0.05, 0) is 102 Å². The molecule has 15 nitrogen and oxygen atoms in total. The van der Waals surface area contributed by atoms with Crippen molar-refractivity contribution in [3.05, 3.63) is 141 Å². The summed E-state index contributed by atoms with van der Waals surface area (Å²) in [5.74, 6) is 3.74. The monoisotopic (exact) mass is 828 g/mol. The number of H-pyrrole nitrogens is 1. The minimum absolute atomic E-state index is 0.0148. The van der Waals surface area contributed by atoms with Crippen LogP contribution in [0.5, 0.6) is 11.5 Å². The first kappa shape index (κ1) is 44.4. The molecule has 0 atom stereocenters. The SMILES string of the molecule is CN(C)CCCOc1cnc(-c2cccc(CO)c2)nc1.CN(C)CCCOc1cnc(-c2cccc(Cn3nc(C4CC4)ccc3=O)c2)nc1.O=c1ccc(C2CC2)n[nH]1. The lowest BCUT2D eigenvalue weighted by atomic mass is 10.1. The Hall–Kier alpha value is -6.16. The third-order valence-corrected chi connectivity index (χ3v) is 9.76. The third-order valence-electron chi connectivity index (χ3n) is 9.76. The van der Waals surface area contributed by atoms with Crippen molar-refractivity contribution in [2.45, 2.75) is 63.5 Å². The Morgan fingerprint density at radius 1 is 0.672 bits per heavy atom. The molecule has 4 heterocycles. The molecular formula is C46H56N10O5. The molecule has 0 aliphatic heterocycles. The van der Waals surface area contributed by atoms with Crippen LogP contribution in [-0.4, -0.2) is 109 Å². The van der Waals surface area contributed by atoms with Crippen LogP contribution in [0.15, 0.2) is 107 Å². The highest BCUT2D eigenvalue weighted by Gasteiger charge is 2.26. The van der Waals surface area contributed by atoms with Crippen LogP contribution in [0.1, 0.15) is 72.9 Å². The van der Waals surface area contributed by atoms with E-state index in [0.29, 0.717) is 54.7 Å². The maximum atomic E-state index is 12.2. The van der Waals surface area contributed by atoms with Crippen LogP contribution < -0.4 is 20.6 Å². The summed E-state index contributed by atoms with van der Waals surface area (Å²) in [6, 6.07) is 22.3. The first-order valence-electron chi connectivity index (χ1n) is 20.8. The lowest BCUT2D eigenvalue weighted by Crippen LogP contribution is -2.23. The van der Waals surface area contributed by atoms with E-state index in [0.717, 1.165) is 72.4 Å². The number of aromatic amines is 1. The number of benzene rings is 2. The zero-order chi connectivity index (χ0) is 43.0. The molecule has 2 fully saturated rings. The van der Waals surface area contributed by atoms with Crippen molar-refractivity contribution in [3.63, 3.8) is 0 Å². The zero-order valence-corrected chi connectivity index (χ0v) is 35.5. The van der Waals surface area contributed by atoms with E-state index in [4.69, 9.17) is 14.6 Å². The van der Waals surface area contributed by atoms with Gasteiger partial charge in [-0.25, -0.2) is 29.7 Å². The van der Waals surface area contributed by atoms with Crippen molar-refractivity contribution < 1.29 is 14.6 Å². The maximum absolute atomic E-state index is 12.2. The number of hydrogen-bond acceptors (Lipinski definition) is 13. The van der Waals surface area contributed by atoms with E-state index in [1.807, 2.05) is 82.8 Å². The highest BCUT2D eigenvalue weighted by Crippen LogP contribution is 2.38. The van der Waals surface area contributed by atoms with Gasteiger partial charge in [0.2, 0.25) is 0 Å². The van der Waals surface area contributed by atoms with Gasteiger partial charge < -0.3 is 24.4 Å². The Morgan fingerprint density at radius 2 is 1.18 bits per heavy atom. The molecule has 0 bridgehead atoms. The van der Waals surface area contributed by atoms with E-state index < -0.39 is 0 Å². The van der Waals surface area contributed by atoms with Gasteiger partial charge in [-0.1, -0.05) is 36.4 Å². The average molecular weight is 829 g/mol. The number of nitrogens with zero attached hydrogens (tertiary/aromatic N) is 9. The molecule has 2 N–H and O–H groups in total. The van der Waals surface area contributed by atoms with Crippen LogP contribution in [0.3, 0.4) is 0 Å². The van der Waals surface area contributed by atoms with Crippen molar-refractivity contribution in [2.24, 2.45) is 0 Å². The van der Waals surface area contributed by atoms with Gasteiger partial charge in [0.1, 0.15) is 0 Å². The second-order valence-electron chi connectivity index (χ2n) is 15.7. The average Bonchev–Trinajstić information content (AvgIpc) is 4.22. The molecule has 320 valence electrons. The van der Waals surface area contributed by atoms with Gasteiger partial charge in [-0.15, -0.1) is 0 Å².